The van der Waals surface area contributed by atoms with Crippen LogP contribution in [0.5, 0.6) is 0 Å². The Hall–Kier alpha value is -0.0400. The van der Waals surface area contributed by atoms with Crippen molar-refractivity contribution in [3.63, 3.8) is 0 Å². The van der Waals surface area contributed by atoms with Gasteiger partial charge in [-0.2, -0.15) is 0 Å². The van der Waals surface area contributed by atoms with Gasteiger partial charge in [-0.05, 0) is 35.5 Å². The van der Waals surface area contributed by atoms with Crippen molar-refractivity contribution in [2.45, 2.75) is 93.9 Å². The minimum absolute atomic E-state index is 0.274. The van der Waals surface area contributed by atoms with Crippen LogP contribution >= 0.6 is 0 Å². The topological polar surface area (TPSA) is 9.23 Å². The molecule has 0 radical (unpaired) electrons. The fourth-order valence-corrected chi connectivity index (χ4v) is 3.54. The summed E-state index contributed by atoms with van der Waals surface area (Å²) in [5.41, 5.74) is 1.03. The molecule has 0 N–H and O–H groups in total. The van der Waals surface area contributed by atoms with E-state index >= 15 is 0 Å². The molecule has 0 rings (SSSR count). The van der Waals surface area contributed by atoms with Crippen LogP contribution in [0.2, 0.25) is 0 Å². The van der Waals surface area contributed by atoms with Crippen LogP contribution in [-0.4, -0.2) is 13.2 Å². The average Bonchev–Trinajstić information content (AvgIpc) is 2.23. The SMILES string of the molecule is CCCCC(C)(CCC)COCC(C)(C)CC(C)(C)C. The van der Waals surface area contributed by atoms with Crippen LogP contribution in [0.15, 0.2) is 0 Å². The molecule has 0 amide bonds. The highest BCUT2D eigenvalue weighted by molar-refractivity contribution is 4.78. The highest BCUT2D eigenvalue weighted by atomic mass is 16.5. The second-order valence-electron chi connectivity index (χ2n) is 9.06. The monoisotopic (exact) mass is 284 g/mol. The van der Waals surface area contributed by atoms with E-state index in [1.807, 2.05) is 0 Å². The second kappa shape index (κ2) is 8.41. The number of hydrogen-bond donors (Lipinski definition) is 0. The van der Waals surface area contributed by atoms with E-state index in [1.54, 1.807) is 0 Å². The van der Waals surface area contributed by atoms with Gasteiger partial charge in [0.05, 0.1) is 13.2 Å². The van der Waals surface area contributed by atoms with Crippen LogP contribution in [0.4, 0.5) is 0 Å². The lowest BCUT2D eigenvalue weighted by Crippen LogP contribution is -2.30. The molecule has 0 aliphatic heterocycles. The first-order valence-electron chi connectivity index (χ1n) is 8.61. The molecule has 0 aromatic rings. The predicted octanol–water partition coefficient (Wildman–Crippen LogP) is 6.46. The van der Waals surface area contributed by atoms with Gasteiger partial charge in [-0.1, -0.05) is 74.7 Å². The van der Waals surface area contributed by atoms with Crippen molar-refractivity contribution < 1.29 is 4.74 Å². The maximum Gasteiger partial charge on any atom is 0.0520 e. The summed E-state index contributed by atoms with van der Waals surface area (Å²) in [6.07, 6.45) is 7.66. The van der Waals surface area contributed by atoms with Crippen molar-refractivity contribution in [1.29, 1.82) is 0 Å². The van der Waals surface area contributed by atoms with Crippen LogP contribution in [0, 0.1) is 16.2 Å². The lowest BCUT2D eigenvalue weighted by Gasteiger charge is -2.35. The molecule has 20 heavy (non-hydrogen) atoms. The minimum atomic E-state index is 0.274. The van der Waals surface area contributed by atoms with Gasteiger partial charge in [0.15, 0.2) is 0 Å². The minimum Gasteiger partial charge on any atom is -0.380 e. The van der Waals surface area contributed by atoms with Gasteiger partial charge in [0, 0.05) is 0 Å². The van der Waals surface area contributed by atoms with E-state index in [2.05, 4.69) is 55.4 Å². The van der Waals surface area contributed by atoms with Crippen molar-refractivity contribution >= 4 is 0 Å². The van der Waals surface area contributed by atoms with Gasteiger partial charge in [-0.15, -0.1) is 0 Å². The van der Waals surface area contributed by atoms with Gasteiger partial charge in [0.2, 0.25) is 0 Å². The molecular formula is C19H40O. The van der Waals surface area contributed by atoms with Crippen molar-refractivity contribution in [2.24, 2.45) is 16.2 Å². The maximum atomic E-state index is 6.16. The number of hydrogen-bond acceptors (Lipinski definition) is 1. The number of rotatable bonds is 10. The van der Waals surface area contributed by atoms with Crippen molar-refractivity contribution in [2.75, 3.05) is 13.2 Å². The fourth-order valence-electron chi connectivity index (χ4n) is 3.54. The molecule has 0 aliphatic carbocycles. The van der Waals surface area contributed by atoms with Crippen LogP contribution in [0.1, 0.15) is 93.9 Å². The summed E-state index contributed by atoms with van der Waals surface area (Å²) in [6, 6.07) is 0. The normalized spacial score (nSPS) is 16.2. The molecular weight excluding hydrogens is 244 g/mol. The summed E-state index contributed by atoms with van der Waals surface area (Å²) in [7, 11) is 0. The molecule has 0 bridgehead atoms. The molecule has 0 aromatic carbocycles. The zero-order valence-electron chi connectivity index (χ0n) is 15.6. The summed E-state index contributed by atoms with van der Waals surface area (Å²) < 4.78 is 6.16. The Kier molecular flexibility index (Phi) is 8.40. The Morgan fingerprint density at radius 3 is 1.80 bits per heavy atom. The second-order valence-corrected chi connectivity index (χ2v) is 9.06. The van der Waals surface area contributed by atoms with Crippen molar-refractivity contribution in [1.82, 2.24) is 0 Å². The molecule has 122 valence electrons. The Labute approximate surface area is 128 Å². The molecule has 0 aromatic heterocycles. The smallest absolute Gasteiger partial charge is 0.0520 e. The lowest BCUT2D eigenvalue weighted by molar-refractivity contribution is -0.0101. The van der Waals surface area contributed by atoms with Gasteiger partial charge >= 0.3 is 0 Å². The van der Waals surface area contributed by atoms with Gasteiger partial charge in [0.1, 0.15) is 0 Å². The zero-order chi connectivity index (χ0) is 15.9. The lowest BCUT2D eigenvalue weighted by atomic mass is 9.76. The molecule has 0 fully saturated rings. The quantitative estimate of drug-likeness (QED) is 0.447. The van der Waals surface area contributed by atoms with E-state index < -0.39 is 0 Å². The number of ether oxygens (including phenoxy) is 1. The highest BCUT2D eigenvalue weighted by Crippen LogP contribution is 2.35. The summed E-state index contributed by atoms with van der Waals surface area (Å²) in [5.74, 6) is 0. The fraction of sp³-hybridized carbons (Fsp3) is 1.00. The predicted molar refractivity (Wildman–Crippen MR) is 91.2 cm³/mol. The van der Waals surface area contributed by atoms with Gasteiger partial charge < -0.3 is 4.74 Å². The summed E-state index contributed by atoms with van der Waals surface area (Å²) in [4.78, 5) is 0. The van der Waals surface area contributed by atoms with Crippen LogP contribution in [0.3, 0.4) is 0 Å². The molecule has 0 saturated heterocycles. The third-order valence-corrected chi connectivity index (χ3v) is 3.94. The van der Waals surface area contributed by atoms with E-state index in [9.17, 15) is 0 Å². The molecule has 0 saturated carbocycles. The Balaban J connectivity index is 4.28. The first-order valence-corrected chi connectivity index (χ1v) is 8.61. The Morgan fingerprint density at radius 2 is 1.35 bits per heavy atom. The molecule has 0 spiro atoms. The maximum absolute atomic E-state index is 6.16. The van der Waals surface area contributed by atoms with Crippen molar-refractivity contribution in [3.8, 4) is 0 Å². The Morgan fingerprint density at radius 1 is 0.750 bits per heavy atom. The number of unbranched alkanes of at least 4 members (excludes halogenated alkanes) is 1. The largest absolute Gasteiger partial charge is 0.380 e. The van der Waals surface area contributed by atoms with Crippen LogP contribution in [-0.2, 0) is 4.74 Å². The highest BCUT2D eigenvalue weighted by Gasteiger charge is 2.28. The average molecular weight is 285 g/mol. The third-order valence-electron chi connectivity index (χ3n) is 3.94. The van der Waals surface area contributed by atoms with E-state index in [4.69, 9.17) is 4.74 Å². The molecule has 1 heteroatoms. The van der Waals surface area contributed by atoms with Gasteiger partial charge in [-0.3, -0.25) is 0 Å². The van der Waals surface area contributed by atoms with Crippen LogP contribution < -0.4 is 0 Å². The molecule has 1 nitrogen and oxygen atoms in total. The zero-order valence-corrected chi connectivity index (χ0v) is 15.6. The summed E-state index contributed by atoms with van der Waals surface area (Å²) in [6.45, 7) is 20.4. The summed E-state index contributed by atoms with van der Waals surface area (Å²) >= 11 is 0. The van der Waals surface area contributed by atoms with E-state index in [0.29, 0.717) is 10.8 Å². The molecule has 0 aliphatic rings. The molecule has 0 heterocycles. The van der Waals surface area contributed by atoms with Crippen LogP contribution in [0.25, 0.3) is 0 Å². The third kappa shape index (κ3) is 9.80. The van der Waals surface area contributed by atoms with E-state index in [1.165, 1.54) is 38.5 Å². The van der Waals surface area contributed by atoms with Gasteiger partial charge in [-0.25, -0.2) is 0 Å². The Bertz CT molecular complexity index is 249. The standard InChI is InChI=1S/C19H40O/c1-9-11-13-19(8,12-10-2)16-20-15-18(6,7)14-17(3,4)5/h9-16H2,1-8H3. The van der Waals surface area contributed by atoms with Gasteiger partial charge in [0.25, 0.3) is 0 Å². The van der Waals surface area contributed by atoms with Crippen molar-refractivity contribution in [3.05, 3.63) is 0 Å². The van der Waals surface area contributed by atoms with E-state index in [0.717, 1.165) is 13.2 Å². The first kappa shape index (κ1) is 20.0. The summed E-state index contributed by atoms with van der Waals surface area (Å²) in [5, 5.41) is 0. The first-order chi connectivity index (χ1) is 9.04. The van der Waals surface area contributed by atoms with E-state index in [-0.39, 0.29) is 5.41 Å². The molecule has 1 unspecified atom stereocenters. The molecule has 1 atom stereocenters.